The molecule has 0 aromatic heterocycles. The molecule has 30 heavy (non-hydrogen) atoms. The van der Waals surface area contributed by atoms with Gasteiger partial charge in [0.15, 0.2) is 0 Å². The lowest BCUT2D eigenvalue weighted by Crippen LogP contribution is -2.41. The summed E-state index contributed by atoms with van der Waals surface area (Å²) in [7, 11) is 0. The van der Waals surface area contributed by atoms with Gasteiger partial charge in [-0.1, -0.05) is 40.2 Å². The molecule has 0 radical (unpaired) electrons. The first-order valence-corrected chi connectivity index (χ1v) is 11.1. The van der Waals surface area contributed by atoms with Crippen molar-refractivity contribution in [3.8, 4) is 0 Å². The van der Waals surface area contributed by atoms with Gasteiger partial charge in [-0.05, 0) is 66.1 Å². The van der Waals surface area contributed by atoms with Crippen molar-refractivity contribution in [3.05, 3.63) is 74.9 Å². The van der Waals surface area contributed by atoms with E-state index in [1.54, 1.807) is 18.2 Å². The van der Waals surface area contributed by atoms with Gasteiger partial charge in [-0.3, -0.25) is 19.3 Å². The second-order valence-electron chi connectivity index (χ2n) is 7.23. The molecule has 2 aliphatic rings. The highest BCUT2D eigenvalue weighted by molar-refractivity contribution is 9.10. The number of hydrogen-bond acceptors (Lipinski definition) is 4. The minimum atomic E-state index is -0.512. The quantitative estimate of drug-likeness (QED) is 0.609. The Labute approximate surface area is 185 Å². The second kappa shape index (κ2) is 8.35. The lowest BCUT2D eigenvalue weighted by Gasteiger charge is -2.18. The number of carbonyl (C=O) groups excluding carboxylic acids is 3. The maximum atomic E-state index is 13.0. The fraction of sp³-hybridized carbons (Fsp3) is 0.227. The number of nitrogens with zero attached hydrogens (tertiary/aromatic N) is 1. The zero-order valence-electron chi connectivity index (χ0n) is 15.9. The normalized spacial score (nSPS) is 18.7. The van der Waals surface area contributed by atoms with E-state index in [0.29, 0.717) is 5.56 Å². The number of halogens is 2. The predicted molar refractivity (Wildman–Crippen MR) is 117 cm³/mol. The van der Waals surface area contributed by atoms with E-state index in [-0.39, 0.29) is 35.0 Å². The molecule has 2 aromatic carbocycles. The molecule has 1 aliphatic heterocycles. The van der Waals surface area contributed by atoms with Crippen molar-refractivity contribution in [2.45, 2.75) is 18.3 Å². The standard InChI is InChI=1S/C22H18BrFN2O3S/c23-16-5-3-15(4-6-16)22(9-10-22)20(28)25-11-12-26-19(27)18(30-21(26)29)13-14-1-7-17(24)8-2-14/h1-8,13H,9-12H2,(H,25,28)/b18-13-. The van der Waals surface area contributed by atoms with Gasteiger partial charge in [0.2, 0.25) is 5.91 Å². The zero-order chi connectivity index (χ0) is 21.3. The Hall–Kier alpha value is -2.45. The van der Waals surface area contributed by atoms with Crippen LogP contribution in [0.3, 0.4) is 0 Å². The number of amides is 3. The van der Waals surface area contributed by atoms with Crippen LogP contribution in [0, 0.1) is 5.82 Å². The Bertz CT molecular complexity index is 1030. The van der Waals surface area contributed by atoms with Crippen LogP contribution in [0.25, 0.3) is 6.08 Å². The Morgan fingerprint density at radius 3 is 2.43 bits per heavy atom. The SMILES string of the molecule is O=C1S/C(=C\c2ccc(F)cc2)C(=O)N1CCNC(=O)C1(c2ccc(Br)cc2)CC1. The van der Waals surface area contributed by atoms with Gasteiger partial charge in [0.05, 0.1) is 10.3 Å². The molecule has 2 aromatic rings. The third-order valence-corrected chi connectivity index (χ3v) is 6.68. The Balaban J connectivity index is 1.35. The first kappa shape index (κ1) is 20.8. The maximum Gasteiger partial charge on any atom is 0.293 e. The van der Waals surface area contributed by atoms with Crippen molar-refractivity contribution in [2.75, 3.05) is 13.1 Å². The van der Waals surface area contributed by atoms with Crippen molar-refractivity contribution in [2.24, 2.45) is 0 Å². The van der Waals surface area contributed by atoms with Gasteiger partial charge in [0, 0.05) is 17.6 Å². The maximum absolute atomic E-state index is 13.0. The topological polar surface area (TPSA) is 66.5 Å². The third-order valence-electron chi connectivity index (χ3n) is 5.24. The van der Waals surface area contributed by atoms with Gasteiger partial charge in [0.25, 0.3) is 11.1 Å². The number of benzene rings is 2. The molecule has 2 fully saturated rings. The molecule has 1 heterocycles. The van der Waals surface area contributed by atoms with Crippen molar-refractivity contribution in [1.29, 1.82) is 0 Å². The third kappa shape index (κ3) is 4.20. The summed E-state index contributed by atoms with van der Waals surface area (Å²) in [6.07, 6.45) is 3.13. The molecule has 1 aliphatic carbocycles. The number of nitrogens with one attached hydrogen (secondary N) is 1. The van der Waals surface area contributed by atoms with Gasteiger partial charge in [-0.2, -0.15) is 0 Å². The van der Waals surface area contributed by atoms with E-state index in [1.165, 1.54) is 12.1 Å². The molecule has 0 bridgehead atoms. The Kier molecular flexibility index (Phi) is 5.79. The monoisotopic (exact) mass is 488 g/mol. The first-order valence-electron chi connectivity index (χ1n) is 9.44. The average molecular weight is 489 g/mol. The summed E-state index contributed by atoms with van der Waals surface area (Å²) in [6, 6.07) is 13.4. The van der Waals surface area contributed by atoms with Gasteiger partial charge in [-0.25, -0.2) is 4.39 Å². The number of imide groups is 1. The smallest absolute Gasteiger partial charge is 0.293 e. The molecule has 0 spiro atoms. The molecule has 0 unspecified atom stereocenters. The largest absolute Gasteiger partial charge is 0.354 e. The molecule has 154 valence electrons. The van der Waals surface area contributed by atoms with E-state index >= 15 is 0 Å². The molecule has 4 rings (SSSR count). The summed E-state index contributed by atoms with van der Waals surface area (Å²) in [5, 5.41) is 2.49. The lowest BCUT2D eigenvalue weighted by molar-refractivity contribution is -0.125. The van der Waals surface area contributed by atoms with E-state index in [1.807, 2.05) is 24.3 Å². The molecule has 0 atom stereocenters. The van der Waals surface area contributed by atoms with Gasteiger partial charge < -0.3 is 5.32 Å². The fourth-order valence-corrected chi connectivity index (χ4v) is 4.52. The van der Waals surface area contributed by atoms with E-state index in [2.05, 4.69) is 21.2 Å². The number of rotatable bonds is 6. The van der Waals surface area contributed by atoms with Crippen LogP contribution in [0.4, 0.5) is 9.18 Å². The molecule has 1 saturated carbocycles. The van der Waals surface area contributed by atoms with Crippen LogP contribution in [-0.4, -0.2) is 35.0 Å². The van der Waals surface area contributed by atoms with Crippen molar-refractivity contribution in [3.63, 3.8) is 0 Å². The molecular formula is C22H18BrFN2O3S. The molecular weight excluding hydrogens is 471 g/mol. The van der Waals surface area contributed by atoms with Crippen LogP contribution in [0.2, 0.25) is 0 Å². The number of thioether (sulfide) groups is 1. The molecule has 5 nitrogen and oxygen atoms in total. The van der Waals surface area contributed by atoms with E-state index < -0.39 is 11.3 Å². The first-order chi connectivity index (χ1) is 14.4. The van der Waals surface area contributed by atoms with Crippen molar-refractivity contribution < 1.29 is 18.8 Å². The van der Waals surface area contributed by atoms with Crippen molar-refractivity contribution in [1.82, 2.24) is 10.2 Å². The van der Waals surface area contributed by atoms with Crippen LogP contribution in [0.5, 0.6) is 0 Å². The van der Waals surface area contributed by atoms with Gasteiger partial charge >= 0.3 is 0 Å². The van der Waals surface area contributed by atoms with E-state index in [4.69, 9.17) is 0 Å². The van der Waals surface area contributed by atoms with Crippen LogP contribution < -0.4 is 5.32 Å². The highest BCUT2D eigenvalue weighted by atomic mass is 79.9. The highest BCUT2D eigenvalue weighted by Crippen LogP contribution is 2.48. The minimum absolute atomic E-state index is 0.0846. The van der Waals surface area contributed by atoms with Crippen LogP contribution >= 0.6 is 27.7 Å². The van der Waals surface area contributed by atoms with E-state index in [0.717, 1.165) is 39.5 Å². The molecule has 1 N–H and O–H groups in total. The highest BCUT2D eigenvalue weighted by Gasteiger charge is 2.51. The summed E-state index contributed by atoms with van der Waals surface area (Å²) in [6.45, 7) is 0.298. The summed E-state index contributed by atoms with van der Waals surface area (Å²) >= 11 is 4.24. The zero-order valence-corrected chi connectivity index (χ0v) is 18.3. The van der Waals surface area contributed by atoms with E-state index in [9.17, 15) is 18.8 Å². The Morgan fingerprint density at radius 2 is 1.80 bits per heavy atom. The predicted octanol–water partition coefficient (Wildman–Crippen LogP) is 4.47. The fourth-order valence-electron chi connectivity index (χ4n) is 3.39. The Morgan fingerprint density at radius 1 is 1.13 bits per heavy atom. The van der Waals surface area contributed by atoms with Crippen LogP contribution in [-0.2, 0) is 15.0 Å². The number of hydrogen-bond donors (Lipinski definition) is 1. The molecule has 8 heteroatoms. The van der Waals surface area contributed by atoms with Crippen LogP contribution in [0.1, 0.15) is 24.0 Å². The van der Waals surface area contributed by atoms with Gasteiger partial charge in [0.1, 0.15) is 5.82 Å². The minimum Gasteiger partial charge on any atom is -0.354 e. The molecule has 3 amide bonds. The molecule has 1 saturated heterocycles. The van der Waals surface area contributed by atoms with Crippen molar-refractivity contribution >= 4 is 50.8 Å². The second-order valence-corrected chi connectivity index (χ2v) is 9.14. The lowest BCUT2D eigenvalue weighted by atomic mass is 9.95. The summed E-state index contributed by atoms with van der Waals surface area (Å²) in [5.41, 5.74) is 1.10. The summed E-state index contributed by atoms with van der Waals surface area (Å²) < 4.78 is 14.0. The number of carbonyl (C=O) groups is 3. The van der Waals surface area contributed by atoms with Crippen LogP contribution in [0.15, 0.2) is 57.9 Å². The average Bonchev–Trinajstić information content (AvgIpc) is 3.49. The summed E-state index contributed by atoms with van der Waals surface area (Å²) in [5.74, 6) is -0.858. The van der Waals surface area contributed by atoms with Gasteiger partial charge in [-0.15, -0.1) is 0 Å². The summed E-state index contributed by atoms with van der Waals surface area (Å²) in [4.78, 5) is 38.9.